The molecule has 0 N–H and O–H groups in total. The largest absolute Gasteiger partial charge is 0.306 e. The fourth-order valence-electron chi connectivity index (χ4n) is 1.19. The van der Waals surface area contributed by atoms with Gasteiger partial charge in [0, 0.05) is 16.4 Å². The van der Waals surface area contributed by atoms with Crippen LogP contribution in [0.4, 0.5) is 0 Å². The van der Waals surface area contributed by atoms with Crippen LogP contribution in [0.3, 0.4) is 0 Å². The highest BCUT2D eigenvalue weighted by Crippen LogP contribution is 2.23. The second-order valence-corrected chi connectivity index (χ2v) is 3.99. The molecule has 0 spiro atoms. The standard InChI is InChI=1S/C10H7BrClN/c11-8-6-10(12)13(7-8)9-4-2-1-3-5-9/h1-7H. The highest BCUT2D eigenvalue weighted by Gasteiger charge is 2.02. The molecule has 1 aromatic heterocycles. The Morgan fingerprint density at radius 1 is 1.15 bits per heavy atom. The van der Waals surface area contributed by atoms with Crippen LogP contribution in [0.2, 0.25) is 5.15 Å². The number of nitrogens with zero attached hydrogens (tertiary/aromatic N) is 1. The van der Waals surface area contributed by atoms with Gasteiger partial charge in [-0.25, -0.2) is 0 Å². The van der Waals surface area contributed by atoms with E-state index in [-0.39, 0.29) is 0 Å². The zero-order valence-corrected chi connectivity index (χ0v) is 9.09. The summed E-state index contributed by atoms with van der Waals surface area (Å²) in [5.74, 6) is 0. The molecule has 0 amide bonds. The highest BCUT2D eigenvalue weighted by molar-refractivity contribution is 9.10. The van der Waals surface area contributed by atoms with Crippen molar-refractivity contribution in [3.63, 3.8) is 0 Å². The van der Waals surface area contributed by atoms with Gasteiger partial charge in [-0.15, -0.1) is 0 Å². The minimum absolute atomic E-state index is 0.707. The summed E-state index contributed by atoms with van der Waals surface area (Å²) in [4.78, 5) is 0. The van der Waals surface area contributed by atoms with Crippen LogP contribution in [-0.4, -0.2) is 4.57 Å². The molecule has 0 atom stereocenters. The summed E-state index contributed by atoms with van der Waals surface area (Å²) in [7, 11) is 0. The maximum atomic E-state index is 6.01. The molecule has 0 saturated heterocycles. The second-order valence-electron chi connectivity index (χ2n) is 2.69. The van der Waals surface area contributed by atoms with Crippen molar-refractivity contribution in [2.75, 3.05) is 0 Å². The molecule has 2 rings (SSSR count). The quantitative estimate of drug-likeness (QED) is 0.729. The van der Waals surface area contributed by atoms with E-state index >= 15 is 0 Å². The lowest BCUT2D eigenvalue weighted by atomic mass is 10.3. The van der Waals surface area contributed by atoms with Crippen LogP contribution in [0.15, 0.2) is 47.1 Å². The predicted molar refractivity (Wildman–Crippen MR) is 58.5 cm³/mol. The number of aromatic nitrogens is 1. The molecule has 66 valence electrons. The van der Waals surface area contributed by atoms with Gasteiger partial charge in [0.05, 0.1) is 0 Å². The SMILES string of the molecule is Clc1cc(Br)cn1-c1ccccc1. The van der Waals surface area contributed by atoms with Crippen LogP contribution in [0, 0.1) is 0 Å². The minimum atomic E-state index is 0.707. The van der Waals surface area contributed by atoms with Gasteiger partial charge in [-0.05, 0) is 34.1 Å². The third-order valence-electron chi connectivity index (χ3n) is 1.77. The molecule has 0 aliphatic carbocycles. The molecule has 1 nitrogen and oxygen atoms in total. The molecule has 0 aliphatic heterocycles. The average molecular weight is 257 g/mol. The van der Waals surface area contributed by atoms with Crippen molar-refractivity contribution in [2.45, 2.75) is 0 Å². The summed E-state index contributed by atoms with van der Waals surface area (Å²) < 4.78 is 2.91. The van der Waals surface area contributed by atoms with Gasteiger partial charge in [-0.1, -0.05) is 29.8 Å². The Balaban J connectivity index is 2.53. The van der Waals surface area contributed by atoms with Gasteiger partial charge in [0.25, 0.3) is 0 Å². The highest BCUT2D eigenvalue weighted by atomic mass is 79.9. The topological polar surface area (TPSA) is 4.93 Å². The van der Waals surface area contributed by atoms with Gasteiger partial charge in [0.2, 0.25) is 0 Å². The van der Waals surface area contributed by atoms with Crippen LogP contribution in [0.5, 0.6) is 0 Å². The monoisotopic (exact) mass is 255 g/mol. The van der Waals surface area contributed by atoms with E-state index in [1.54, 1.807) is 0 Å². The van der Waals surface area contributed by atoms with E-state index in [0.29, 0.717) is 5.15 Å². The lowest BCUT2D eigenvalue weighted by Gasteiger charge is -2.02. The van der Waals surface area contributed by atoms with Crippen molar-refractivity contribution < 1.29 is 0 Å². The molecule has 0 bridgehead atoms. The van der Waals surface area contributed by atoms with Crippen LogP contribution in [0.25, 0.3) is 5.69 Å². The Morgan fingerprint density at radius 3 is 2.38 bits per heavy atom. The summed E-state index contributed by atoms with van der Waals surface area (Å²) >= 11 is 9.39. The first-order valence-electron chi connectivity index (χ1n) is 3.86. The maximum Gasteiger partial charge on any atom is 0.114 e. The number of hydrogen-bond donors (Lipinski definition) is 0. The van der Waals surface area contributed by atoms with Crippen molar-refractivity contribution in [3.05, 3.63) is 52.2 Å². The minimum Gasteiger partial charge on any atom is -0.306 e. The van der Waals surface area contributed by atoms with Gasteiger partial charge in [0.1, 0.15) is 5.15 Å². The number of benzene rings is 1. The normalized spacial score (nSPS) is 10.3. The molecular weight excluding hydrogens is 249 g/mol. The molecular formula is C10H7BrClN. The molecule has 0 fully saturated rings. The lowest BCUT2D eigenvalue weighted by molar-refractivity contribution is 1.08. The second kappa shape index (κ2) is 3.56. The van der Waals surface area contributed by atoms with Gasteiger partial charge in [-0.2, -0.15) is 0 Å². The van der Waals surface area contributed by atoms with Gasteiger partial charge >= 0.3 is 0 Å². The van der Waals surface area contributed by atoms with E-state index < -0.39 is 0 Å². The van der Waals surface area contributed by atoms with Gasteiger partial charge < -0.3 is 4.57 Å². The smallest absolute Gasteiger partial charge is 0.114 e. The summed E-state index contributed by atoms with van der Waals surface area (Å²) in [6, 6.07) is 11.8. The lowest BCUT2D eigenvalue weighted by Crippen LogP contribution is -1.89. The summed E-state index contributed by atoms with van der Waals surface area (Å²) in [5, 5.41) is 0.707. The molecule has 2 aromatic rings. The zero-order valence-electron chi connectivity index (χ0n) is 6.74. The molecule has 1 aromatic carbocycles. The number of hydrogen-bond acceptors (Lipinski definition) is 0. The number of rotatable bonds is 1. The van der Waals surface area contributed by atoms with Crippen molar-refractivity contribution in [1.29, 1.82) is 0 Å². The fourth-order valence-corrected chi connectivity index (χ4v) is 2.01. The third kappa shape index (κ3) is 1.79. The first-order chi connectivity index (χ1) is 6.27. The van der Waals surface area contributed by atoms with E-state index in [1.165, 1.54) is 0 Å². The van der Waals surface area contributed by atoms with Crippen LogP contribution in [-0.2, 0) is 0 Å². The van der Waals surface area contributed by atoms with Gasteiger partial charge in [-0.3, -0.25) is 0 Å². The molecule has 0 aliphatic rings. The van der Waals surface area contributed by atoms with Crippen molar-refractivity contribution in [3.8, 4) is 5.69 Å². The maximum absolute atomic E-state index is 6.01. The molecule has 0 radical (unpaired) electrons. The summed E-state index contributed by atoms with van der Waals surface area (Å²) in [6.45, 7) is 0. The van der Waals surface area contributed by atoms with E-state index in [0.717, 1.165) is 10.2 Å². The number of halogens is 2. The Kier molecular flexibility index (Phi) is 2.42. The number of para-hydroxylation sites is 1. The molecule has 0 saturated carbocycles. The van der Waals surface area contributed by atoms with E-state index in [4.69, 9.17) is 11.6 Å². The molecule has 0 unspecified atom stereocenters. The third-order valence-corrected chi connectivity index (χ3v) is 2.50. The average Bonchev–Trinajstić information content (AvgIpc) is 2.47. The summed E-state index contributed by atoms with van der Waals surface area (Å²) in [6.07, 6.45) is 1.94. The Morgan fingerprint density at radius 2 is 1.85 bits per heavy atom. The Hall–Kier alpha value is -0.730. The molecule has 1 heterocycles. The van der Waals surface area contributed by atoms with E-state index in [1.807, 2.05) is 47.2 Å². The van der Waals surface area contributed by atoms with Crippen LogP contribution >= 0.6 is 27.5 Å². The summed E-state index contributed by atoms with van der Waals surface area (Å²) in [5.41, 5.74) is 1.07. The van der Waals surface area contributed by atoms with E-state index in [9.17, 15) is 0 Å². The van der Waals surface area contributed by atoms with Crippen LogP contribution in [0.1, 0.15) is 0 Å². The predicted octanol–water partition coefficient (Wildman–Crippen LogP) is 3.89. The Bertz CT molecular complexity index is 408. The van der Waals surface area contributed by atoms with Crippen molar-refractivity contribution in [1.82, 2.24) is 4.57 Å². The first-order valence-corrected chi connectivity index (χ1v) is 5.03. The van der Waals surface area contributed by atoms with Crippen molar-refractivity contribution >= 4 is 27.5 Å². The Labute approximate surface area is 90.1 Å². The van der Waals surface area contributed by atoms with Gasteiger partial charge in [0.15, 0.2) is 0 Å². The zero-order chi connectivity index (χ0) is 9.26. The first kappa shape index (κ1) is 8.85. The fraction of sp³-hybridized carbons (Fsp3) is 0. The van der Waals surface area contributed by atoms with Crippen LogP contribution < -0.4 is 0 Å². The van der Waals surface area contributed by atoms with E-state index in [2.05, 4.69) is 15.9 Å². The molecule has 13 heavy (non-hydrogen) atoms. The molecule has 3 heteroatoms. The van der Waals surface area contributed by atoms with Crippen molar-refractivity contribution in [2.24, 2.45) is 0 Å².